The normalized spacial score (nSPS) is 11.6. The number of amides is 1. The summed E-state index contributed by atoms with van der Waals surface area (Å²) in [4.78, 5) is 12.2. The van der Waals surface area contributed by atoms with E-state index in [9.17, 15) is 9.90 Å². The molecule has 3 N–H and O–H groups in total. The number of benzene rings is 3. The fourth-order valence-corrected chi connectivity index (χ4v) is 3.04. The summed E-state index contributed by atoms with van der Waals surface area (Å²) in [5.41, 5.74) is 3.15. The first-order valence-corrected chi connectivity index (χ1v) is 9.08. The molecule has 5 heteroatoms. The standard InChI is InChI=1S/C22H21ClN2O2/c1-15(16-7-3-2-4-8-16)24-20-12-11-18(14-19(20)23)25-22(27)13-17-9-5-6-10-21(17)26/h2-12,14-15,24,26H,13H2,1H3,(H,25,27). The lowest BCUT2D eigenvalue weighted by molar-refractivity contribution is -0.115. The van der Waals surface area contributed by atoms with E-state index in [2.05, 4.69) is 29.7 Å². The molecular weight excluding hydrogens is 360 g/mol. The molecule has 0 aromatic heterocycles. The van der Waals surface area contributed by atoms with Crippen LogP contribution in [0.15, 0.2) is 72.8 Å². The first-order valence-electron chi connectivity index (χ1n) is 8.70. The average Bonchev–Trinajstić information content (AvgIpc) is 2.66. The van der Waals surface area contributed by atoms with Crippen LogP contribution < -0.4 is 10.6 Å². The summed E-state index contributed by atoms with van der Waals surface area (Å²) in [6.45, 7) is 2.06. The number of rotatable bonds is 6. The number of hydrogen-bond acceptors (Lipinski definition) is 3. The lowest BCUT2D eigenvalue weighted by Gasteiger charge is -2.17. The minimum absolute atomic E-state index is 0.0926. The molecule has 0 saturated heterocycles. The molecule has 1 atom stereocenters. The van der Waals surface area contributed by atoms with E-state index < -0.39 is 0 Å². The maximum absolute atomic E-state index is 12.2. The van der Waals surface area contributed by atoms with E-state index in [1.807, 2.05) is 24.3 Å². The second-order valence-electron chi connectivity index (χ2n) is 6.32. The predicted molar refractivity (Wildman–Crippen MR) is 110 cm³/mol. The van der Waals surface area contributed by atoms with Crippen LogP contribution in [-0.4, -0.2) is 11.0 Å². The zero-order valence-corrected chi connectivity index (χ0v) is 15.7. The van der Waals surface area contributed by atoms with Gasteiger partial charge in [-0.3, -0.25) is 4.79 Å². The average molecular weight is 381 g/mol. The van der Waals surface area contributed by atoms with Gasteiger partial charge in [-0.25, -0.2) is 0 Å². The Bertz CT molecular complexity index is 929. The lowest BCUT2D eigenvalue weighted by atomic mass is 10.1. The summed E-state index contributed by atoms with van der Waals surface area (Å²) in [6, 6.07) is 22.3. The van der Waals surface area contributed by atoms with Crippen LogP contribution in [0.5, 0.6) is 5.75 Å². The van der Waals surface area contributed by atoms with Crippen molar-refractivity contribution in [3.63, 3.8) is 0 Å². The van der Waals surface area contributed by atoms with Gasteiger partial charge in [0.15, 0.2) is 0 Å². The summed E-state index contributed by atoms with van der Waals surface area (Å²) >= 11 is 6.38. The van der Waals surface area contributed by atoms with Crippen LogP contribution in [-0.2, 0) is 11.2 Å². The first kappa shape index (κ1) is 18.8. The molecular formula is C22H21ClN2O2. The van der Waals surface area contributed by atoms with E-state index in [0.717, 1.165) is 11.3 Å². The maximum atomic E-state index is 12.2. The number of carbonyl (C=O) groups excluding carboxylic acids is 1. The molecule has 3 rings (SSSR count). The smallest absolute Gasteiger partial charge is 0.228 e. The second kappa shape index (κ2) is 8.60. The van der Waals surface area contributed by atoms with Crippen molar-refractivity contribution in [2.75, 3.05) is 10.6 Å². The number of hydrogen-bond donors (Lipinski definition) is 3. The highest BCUT2D eigenvalue weighted by molar-refractivity contribution is 6.33. The molecule has 4 nitrogen and oxygen atoms in total. The monoisotopic (exact) mass is 380 g/mol. The Morgan fingerprint density at radius 2 is 1.74 bits per heavy atom. The van der Waals surface area contributed by atoms with Gasteiger partial charge in [0.25, 0.3) is 0 Å². The van der Waals surface area contributed by atoms with Gasteiger partial charge in [0.1, 0.15) is 5.75 Å². The molecule has 1 amide bonds. The quantitative estimate of drug-likeness (QED) is 0.536. The molecule has 138 valence electrons. The second-order valence-corrected chi connectivity index (χ2v) is 6.73. The Labute approximate surface area is 163 Å². The van der Waals surface area contributed by atoms with Crippen molar-refractivity contribution in [3.05, 3.63) is 88.9 Å². The highest BCUT2D eigenvalue weighted by atomic mass is 35.5. The Morgan fingerprint density at radius 1 is 1.04 bits per heavy atom. The van der Waals surface area contributed by atoms with Crippen LogP contribution in [0.1, 0.15) is 24.1 Å². The maximum Gasteiger partial charge on any atom is 0.228 e. The summed E-state index contributed by atoms with van der Waals surface area (Å²) < 4.78 is 0. The molecule has 0 spiro atoms. The van der Waals surface area contributed by atoms with Crippen LogP contribution in [0.3, 0.4) is 0 Å². The van der Waals surface area contributed by atoms with Gasteiger partial charge in [0.05, 0.1) is 17.1 Å². The predicted octanol–water partition coefficient (Wildman–Crippen LogP) is 5.40. The van der Waals surface area contributed by atoms with Gasteiger partial charge in [-0.1, -0.05) is 60.1 Å². The van der Waals surface area contributed by atoms with Crippen LogP contribution in [0.25, 0.3) is 0 Å². The number of aromatic hydroxyl groups is 1. The number of nitrogens with one attached hydrogen (secondary N) is 2. The fourth-order valence-electron chi connectivity index (χ4n) is 2.81. The zero-order chi connectivity index (χ0) is 19.2. The van der Waals surface area contributed by atoms with Crippen molar-refractivity contribution in [2.45, 2.75) is 19.4 Å². The van der Waals surface area contributed by atoms with Crippen molar-refractivity contribution < 1.29 is 9.90 Å². The largest absolute Gasteiger partial charge is 0.508 e. The summed E-state index contributed by atoms with van der Waals surface area (Å²) in [7, 11) is 0. The van der Waals surface area contributed by atoms with Crippen molar-refractivity contribution >= 4 is 28.9 Å². The third-order valence-corrected chi connectivity index (χ3v) is 4.58. The fraction of sp³-hybridized carbons (Fsp3) is 0.136. The molecule has 0 fully saturated rings. The molecule has 27 heavy (non-hydrogen) atoms. The zero-order valence-electron chi connectivity index (χ0n) is 14.9. The number of phenols is 1. The minimum Gasteiger partial charge on any atom is -0.508 e. The molecule has 1 unspecified atom stereocenters. The molecule has 0 aliphatic carbocycles. The van der Waals surface area contributed by atoms with Gasteiger partial charge in [0, 0.05) is 17.3 Å². The van der Waals surface area contributed by atoms with Crippen molar-refractivity contribution in [1.82, 2.24) is 0 Å². The number of para-hydroxylation sites is 1. The van der Waals surface area contributed by atoms with Gasteiger partial charge < -0.3 is 15.7 Å². The van der Waals surface area contributed by atoms with Gasteiger partial charge >= 0.3 is 0 Å². The van der Waals surface area contributed by atoms with Crippen molar-refractivity contribution in [2.24, 2.45) is 0 Å². The van der Waals surface area contributed by atoms with Gasteiger partial charge in [-0.05, 0) is 36.8 Å². The van der Waals surface area contributed by atoms with E-state index in [4.69, 9.17) is 11.6 Å². The van der Waals surface area contributed by atoms with E-state index in [1.54, 1.807) is 36.4 Å². The Balaban J connectivity index is 1.64. The topological polar surface area (TPSA) is 61.4 Å². The van der Waals surface area contributed by atoms with Crippen LogP contribution >= 0.6 is 11.6 Å². The molecule has 3 aromatic carbocycles. The van der Waals surface area contributed by atoms with Crippen molar-refractivity contribution in [3.8, 4) is 5.75 Å². The number of carbonyl (C=O) groups is 1. The Morgan fingerprint density at radius 3 is 2.44 bits per heavy atom. The van der Waals surface area contributed by atoms with Crippen LogP contribution in [0.2, 0.25) is 5.02 Å². The van der Waals surface area contributed by atoms with Gasteiger partial charge in [-0.2, -0.15) is 0 Å². The van der Waals surface area contributed by atoms with E-state index in [0.29, 0.717) is 16.3 Å². The summed E-state index contributed by atoms with van der Waals surface area (Å²) in [5.74, 6) is -0.106. The molecule has 0 aliphatic heterocycles. The summed E-state index contributed by atoms with van der Waals surface area (Å²) in [5, 5.41) is 16.5. The number of phenolic OH excluding ortho intramolecular Hbond substituents is 1. The van der Waals surface area contributed by atoms with E-state index in [1.165, 1.54) is 0 Å². The van der Waals surface area contributed by atoms with Gasteiger partial charge in [-0.15, -0.1) is 0 Å². The third-order valence-electron chi connectivity index (χ3n) is 4.27. The number of anilines is 2. The lowest BCUT2D eigenvalue weighted by Crippen LogP contribution is -2.14. The Kier molecular flexibility index (Phi) is 5.99. The molecule has 0 heterocycles. The third kappa shape index (κ3) is 5.02. The number of halogens is 1. The molecule has 0 bridgehead atoms. The van der Waals surface area contributed by atoms with Crippen molar-refractivity contribution in [1.29, 1.82) is 0 Å². The summed E-state index contributed by atoms with van der Waals surface area (Å²) in [6.07, 6.45) is 0.0926. The van der Waals surface area contributed by atoms with Crippen LogP contribution in [0, 0.1) is 0 Å². The molecule has 3 aromatic rings. The highest BCUT2D eigenvalue weighted by Gasteiger charge is 2.11. The van der Waals surface area contributed by atoms with E-state index in [-0.39, 0.29) is 24.1 Å². The molecule has 0 aliphatic rings. The minimum atomic E-state index is -0.217. The SMILES string of the molecule is CC(Nc1ccc(NC(=O)Cc2ccccc2O)cc1Cl)c1ccccc1. The van der Waals surface area contributed by atoms with Crippen LogP contribution in [0.4, 0.5) is 11.4 Å². The van der Waals surface area contributed by atoms with Gasteiger partial charge in [0.2, 0.25) is 5.91 Å². The highest BCUT2D eigenvalue weighted by Crippen LogP contribution is 2.29. The first-order chi connectivity index (χ1) is 13.0. The van der Waals surface area contributed by atoms with E-state index >= 15 is 0 Å². The Hall–Kier alpha value is -2.98. The molecule has 0 saturated carbocycles. The molecule has 0 radical (unpaired) electrons.